The second kappa shape index (κ2) is 8.43. The monoisotopic (exact) mass is 452 g/mol. The topological polar surface area (TPSA) is 110 Å². The Bertz CT molecular complexity index is 1220. The summed E-state index contributed by atoms with van der Waals surface area (Å²) >= 11 is 0.944. The van der Waals surface area contributed by atoms with Crippen molar-refractivity contribution in [1.29, 1.82) is 0 Å². The lowest BCUT2D eigenvalue weighted by molar-refractivity contribution is -0.132. The fraction of sp³-hybridized carbons (Fsp3) is 0.217. The molecule has 32 heavy (non-hydrogen) atoms. The first kappa shape index (κ1) is 21.5. The number of aliphatic hydroxyl groups excluding tert-OH is 1. The van der Waals surface area contributed by atoms with Gasteiger partial charge in [-0.3, -0.25) is 14.5 Å². The van der Waals surface area contributed by atoms with E-state index >= 15 is 0 Å². The number of aliphatic hydroxyl groups is 1. The van der Waals surface area contributed by atoms with E-state index in [9.17, 15) is 19.5 Å². The van der Waals surface area contributed by atoms with Crippen LogP contribution in [0.15, 0.2) is 52.7 Å². The molecule has 4 rings (SSSR count). The average molecular weight is 452 g/mol. The van der Waals surface area contributed by atoms with E-state index in [-0.39, 0.29) is 33.7 Å². The normalized spacial score (nSPS) is 17.7. The van der Waals surface area contributed by atoms with E-state index in [1.165, 1.54) is 6.26 Å². The zero-order chi connectivity index (χ0) is 23.0. The van der Waals surface area contributed by atoms with Crippen molar-refractivity contribution in [2.75, 3.05) is 11.5 Å². The number of ether oxygens (including phenoxy) is 1. The molecule has 0 unspecified atom stereocenters. The van der Waals surface area contributed by atoms with Crippen LogP contribution in [0.3, 0.4) is 0 Å². The number of thiazole rings is 1. The molecule has 0 bridgehead atoms. The van der Waals surface area contributed by atoms with Crippen molar-refractivity contribution in [2.45, 2.75) is 26.8 Å². The van der Waals surface area contributed by atoms with Gasteiger partial charge in [-0.1, -0.05) is 41.2 Å². The molecular formula is C23H20N2O6S. The number of hydrogen-bond acceptors (Lipinski definition) is 8. The molecule has 3 aromatic rings. The molecule has 0 radical (unpaired) electrons. The Morgan fingerprint density at radius 3 is 2.56 bits per heavy atom. The molecule has 1 aromatic carbocycles. The number of ketones is 1. The molecule has 0 spiro atoms. The Balaban J connectivity index is 1.87. The van der Waals surface area contributed by atoms with E-state index in [0.29, 0.717) is 11.3 Å². The highest BCUT2D eigenvalue weighted by Crippen LogP contribution is 2.44. The third kappa shape index (κ3) is 3.60. The Kier molecular flexibility index (Phi) is 5.67. The molecule has 1 N–H and O–H groups in total. The largest absolute Gasteiger partial charge is 0.507 e. The number of Topliss-reactive ketones (excluding diaryl/α,β-unsaturated/α-hetero) is 1. The summed E-state index contributed by atoms with van der Waals surface area (Å²) in [5.74, 6) is -2.33. The van der Waals surface area contributed by atoms with Crippen molar-refractivity contribution in [3.63, 3.8) is 0 Å². The maximum Gasteiger partial charge on any atom is 0.350 e. The number of aromatic nitrogens is 1. The number of amides is 1. The summed E-state index contributed by atoms with van der Waals surface area (Å²) in [7, 11) is 0. The highest BCUT2D eigenvalue weighted by Gasteiger charge is 2.49. The van der Waals surface area contributed by atoms with Crippen LogP contribution >= 0.6 is 11.3 Å². The van der Waals surface area contributed by atoms with Crippen LogP contribution in [0.5, 0.6) is 0 Å². The molecule has 2 aromatic heterocycles. The molecular weight excluding hydrogens is 432 g/mol. The zero-order valence-electron chi connectivity index (χ0n) is 17.6. The first-order valence-electron chi connectivity index (χ1n) is 9.89. The Morgan fingerprint density at radius 1 is 1.22 bits per heavy atom. The molecule has 9 heteroatoms. The minimum Gasteiger partial charge on any atom is -0.507 e. The number of hydrogen-bond donors (Lipinski definition) is 1. The maximum atomic E-state index is 13.1. The Morgan fingerprint density at radius 2 is 1.94 bits per heavy atom. The Hall–Kier alpha value is -3.72. The van der Waals surface area contributed by atoms with Crippen LogP contribution in [0.25, 0.3) is 5.76 Å². The molecule has 1 saturated heterocycles. The molecule has 0 aliphatic carbocycles. The van der Waals surface area contributed by atoms with Gasteiger partial charge in [-0.2, -0.15) is 0 Å². The van der Waals surface area contributed by atoms with Gasteiger partial charge in [0.05, 0.1) is 24.1 Å². The SMILES string of the molecule is CCOC(=O)c1sc(N2C(=O)C(=O)/C(=C(/O)c3ccc(C)cc3)[C@@H]2c2ccco2)nc1C. The zero-order valence-corrected chi connectivity index (χ0v) is 18.4. The number of esters is 1. The van der Waals surface area contributed by atoms with E-state index in [2.05, 4.69) is 4.98 Å². The quantitative estimate of drug-likeness (QED) is 0.268. The van der Waals surface area contributed by atoms with Crippen molar-refractivity contribution < 1.29 is 28.6 Å². The fourth-order valence-corrected chi connectivity index (χ4v) is 4.47. The number of furan rings is 1. The molecule has 1 aliphatic heterocycles. The second-order valence-electron chi connectivity index (χ2n) is 7.18. The van der Waals surface area contributed by atoms with Crippen LogP contribution in [0.1, 0.15) is 45.2 Å². The lowest BCUT2D eigenvalue weighted by Gasteiger charge is -2.20. The predicted octanol–water partition coefficient (Wildman–Crippen LogP) is 4.16. The highest BCUT2D eigenvalue weighted by atomic mass is 32.1. The van der Waals surface area contributed by atoms with E-state index in [1.807, 2.05) is 6.92 Å². The first-order valence-corrected chi connectivity index (χ1v) is 10.7. The van der Waals surface area contributed by atoms with Gasteiger partial charge in [-0.05, 0) is 32.9 Å². The molecule has 8 nitrogen and oxygen atoms in total. The van der Waals surface area contributed by atoms with Crippen molar-refractivity contribution >= 4 is 39.9 Å². The van der Waals surface area contributed by atoms with Gasteiger partial charge in [0, 0.05) is 5.56 Å². The van der Waals surface area contributed by atoms with Gasteiger partial charge < -0.3 is 14.3 Å². The maximum absolute atomic E-state index is 13.1. The van der Waals surface area contributed by atoms with Gasteiger partial charge >= 0.3 is 11.9 Å². The van der Waals surface area contributed by atoms with E-state index in [4.69, 9.17) is 9.15 Å². The molecule has 1 atom stereocenters. The van der Waals surface area contributed by atoms with Gasteiger partial charge in [-0.15, -0.1) is 0 Å². The van der Waals surface area contributed by atoms with E-state index in [1.54, 1.807) is 50.2 Å². The molecule has 1 fully saturated rings. The van der Waals surface area contributed by atoms with Crippen LogP contribution in [-0.4, -0.2) is 34.4 Å². The van der Waals surface area contributed by atoms with Crippen molar-refractivity contribution in [1.82, 2.24) is 4.98 Å². The van der Waals surface area contributed by atoms with Gasteiger partial charge in [-0.25, -0.2) is 9.78 Å². The summed E-state index contributed by atoms with van der Waals surface area (Å²) < 4.78 is 10.6. The molecule has 1 aliphatic rings. The molecule has 1 amide bonds. The number of carbonyl (C=O) groups excluding carboxylic acids is 3. The summed E-state index contributed by atoms with van der Waals surface area (Å²) in [4.78, 5) is 44.1. The number of rotatable bonds is 5. The third-order valence-electron chi connectivity index (χ3n) is 5.03. The van der Waals surface area contributed by atoms with Gasteiger partial charge in [0.25, 0.3) is 5.78 Å². The summed E-state index contributed by atoms with van der Waals surface area (Å²) in [5, 5.41) is 11.1. The van der Waals surface area contributed by atoms with Crippen LogP contribution in [0, 0.1) is 13.8 Å². The number of anilines is 1. The van der Waals surface area contributed by atoms with E-state index in [0.717, 1.165) is 21.8 Å². The second-order valence-corrected chi connectivity index (χ2v) is 8.16. The number of benzene rings is 1. The number of aryl methyl sites for hydroxylation is 2. The predicted molar refractivity (Wildman–Crippen MR) is 117 cm³/mol. The van der Waals surface area contributed by atoms with Crippen LogP contribution in [-0.2, 0) is 14.3 Å². The number of carbonyl (C=O) groups is 3. The molecule has 164 valence electrons. The minimum absolute atomic E-state index is 0.112. The first-order chi connectivity index (χ1) is 15.3. The van der Waals surface area contributed by atoms with Crippen LogP contribution in [0.4, 0.5) is 5.13 Å². The van der Waals surface area contributed by atoms with Crippen molar-refractivity contribution in [3.8, 4) is 0 Å². The van der Waals surface area contributed by atoms with E-state index < -0.39 is 23.7 Å². The summed E-state index contributed by atoms with van der Waals surface area (Å²) in [6.07, 6.45) is 1.42. The van der Waals surface area contributed by atoms with Crippen molar-refractivity contribution in [3.05, 3.63) is 75.7 Å². The van der Waals surface area contributed by atoms with Crippen LogP contribution < -0.4 is 4.90 Å². The smallest absolute Gasteiger partial charge is 0.350 e. The Labute approximate surface area is 187 Å². The lowest BCUT2D eigenvalue weighted by atomic mass is 9.99. The van der Waals surface area contributed by atoms with Gasteiger partial charge in [0.15, 0.2) is 5.13 Å². The minimum atomic E-state index is -1.04. The lowest BCUT2D eigenvalue weighted by Crippen LogP contribution is -2.29. The van der Waals surface area contributed by atoms with Crippen LogP contribution in [0.2, 0.25) is 0 Å². The fourth-order valence-electron chi connectivity index (χ4n) is 3.48. The summed E-state index contributed by atoms with van der Waals surface area (Å²) in [5.41, 5.74) is 1.64. The summed E-state index contributed by atoms with van der Waals surface area (Å²) in [6, 6.07) is 9.13. The molecule has 3 heterocycles. The average Bonchev–Trinajstić information content (AvgIpc) is 3.48. The standard InChI is InChI=1S/C23H20N2O6S/c1-4-30-22(29)20-13(3)24-23(32-20)25-17(15-6-5-11-31-15)16(19(27)21(25)28)18(26)14-9-7-12(2)8-10-14/h5-11,17,26H,4H2,1-3H3/b18-16+/t17-/m0/s1. The highest BCUT2D eigenvalue weighted by molar-refractivity contribution is 7.17. The van der Waals surface area contributed by atoms with Gasteiger partial charge in [0.2, 0.25) is 0 Å². The molecule has 0 saturated carbocycles. The van der Waals surface area contributed by atoms with Gasteiger partial charge in [0.1, 0.15) is 22.4 Å². The summed E-state index contributed by atoms with van der Waals surface area (Å²) in [6.45, 7) is 5.41. The number of nitrogens with zero attached hydrogens (tertiary/aromatic N) is 2. The van der Waals surface area contributed by atoms with Crippen molar-refractivity contribution in [2.24, 2.45) is 0 Å². The third-order valence-corrected chi connectivity index (χ3v) is 6.17.